The van der Waals surface area contributed by atoms with E-state index in [9.17, 15) is 13.2 Å². The lowest BCUT2D eigenvalue weighted by atomic mass is 10.1. The minimum atomic E-state index is -2.88. The Balaban J connectivity index is 1.49. The highest BCUT2D eigenvalue weighted by atomic mass is 32.2. The van der Waals surface area contributed by atoms with Gasteiger partial charge in [0.25, 0.3) is 0 Å². The molecule has 24 heavy (non-hydrogen) atoms. The number of carbonyl (C=O) groups excluding carboxylic acids is 1. The number of nitrogens with zero attached hydrogens (tertiary/aromatic N) is 2. The molecule has 1 aromatic rings. The summed E-state index contributed by atoms with van der Waals surface area (Å²) in [5.74, 6) is 0.641. The molecule has 5 nitrogen and oxygen atoms in total. The Hall–Kier alpha value is -1.40. The molecular weight excluding hydrogens is 324 g/mol. The van der Waals surface area contributed by atoms with Crippen molar-refractivity contribution in [3.05, 3.63) is 35.4 Å². The maximum Gasteiger partial charge on any atom is 0.223 e. The molecule has 1 aromatic carbocycles. The molecule has 1 amide bonds. The summed E-state index contributed by atoms with van der Waals surface area (Å²) in [7, 11) is 0.933. The van der Waals surface area contributed by atoms with Crippen molar-refractivity contribution in [2.75, 3.05) is 32.1 Å². The van der Waals surface area contributed by atoms with Crippen molar-refractivity contribution in [1.29, 1.82) is 0 Å². The molecule has 1 unspecified atom stereocenters. The van der Waals surface area contributed by atoms with Gasteiger partial charge in [-0.15, -0.1) is 0 Å². The van der Waals surface area contributed by atoms with Crippen LogP contribution in [0.5, 0.6) is 0 Å². The molecule has 1 heterocycles. The Labute approximate surface area is 144 Å². The third-order valence-corrected chi connectivity index (χ3v) is 7.23. The summed E-state index contributed by atoms with van der Waals surface area (Å²) in [4.78, 5) is 16.4. The average molecular weight is 350 g/mol. The number of amides is 1. The predicted octanol–water partition coefficient (Wildman–Crippen LogP) is 1.12. The van der Waals surface area contributed by atoms with Gasteiger partial charge >= 0.3 is 0 Å². The number of likely N-dealkylation sites (N-methyl/N-ethyl adjacent to an activating group) is 1. The number of hydrogen-bond acceptors (Lipinski definition) is 4. The molecule has 0 saturated carbocycles. The normalized spacial score (nSPS) is 22.7. The molecule has 1 saturated heterocycles. The monoisotopic (exact) mass is 350 g/mol. The van der Waals surface area contributed by atoms with Gasteiger partial charge in [-0.3, -0.25) is 4.79 Å². The van der Waals surface area contributed by atoms with E-state index in [0.29, 0.717) is 19.4 Å². The van der Waals surface area contributed by atoms with Crippen LogP contribution in [0.4, 0.5) is 0 Å². The summed E-state index contributed by atoms with van der Waals surface area (Å²) >= 11 is 0. The van der Waals surface area contributed by atoms with Crippen LogP contribution in [-0.4, -0.2) is 68.4 Å². The molecule has 1 fully saturated rings. The van der Waals surface area contributed by atoms with Gasteiger partial charge in [0.15, 0.2) is 9.84 Å². The molecule has 6 heteroatoms. The molecule has 1 aliphatic carbocycles. The van der Waals surface area contributed by atoms with E-state index >= 15 is 0 Å². The van der Waals surface area contributed by atoms with Crippen LogP contribution in [-0.2, 0) is 27.5 Å². The minimum Gasteiger partial charge on any atom is -0.342 e. The van der Waals surface area contributed by atoms with Crippen LogP contribution in [0.2, 0.25) is 0 Å². The van der Waals surface area contributed by atoms with Crippen LogP contribution in [0.15, 0.2) is 24.3 Å². The van der Waals surface area contributed by atoms with Gasteiger partial charge in [-0.2, -0.15) is 0 Å². The van der Waals surface area contributed by atoms with Crippen molar-refractivity contribution < 1.29 is 13.2 Å². The van der Waals surface area contributed by atoms with Crippen molar-refractivity contribution in [3.63, 3.8) is 0 Å². The maximum absolute atomic E-state index is 12.5. The van der Waals surface area contributed by atoms with Crippen LogP contribution in [0.3, 0.4) is 0 Å². The van der Waals surface area contributed by atoms with Gasteiger partial charge < -0.3 is 9.80 Å². The van der Waals surface area contributed by atoms with Gasteiger partial charge in [0.1, 0.15) is 0 Å². The fraction of sp³-hybridized carbons (Fsp3) is 0.611. The molecule has 3 rings (SSSR count). The van der Waals surface area contributed by atoms with Crippen LogP contribution in [0, 0.1) is 0 Å². The summed E-state index contributed by atoms with van der Waals surface area (Å²) < 4.78 is 23.1. The van der Waals surface area contributed by atoms with E-state index in [4.69, 9.17) is 0 Å². The van der Waals surface area contributed by atoms with Crippen molar-refractivity contribution in [2.45, 2.75) is 37.8 Å². The van der Waals surface area contributed by atoms with Crippen molar-refractivity contribution in [1.82, 2.24) is 9.80 Å². The zero-order valence-corrected chi connectivity index (χ0v) is 15.3. The number of benzene rings is 1. The Morgan fingerprint density at radius 2 is 1.75 bits per heavy atom. The summed E-state index contributed by atoms with van der Waals surface area (Å²) in [6.45, 7) is 0.614. The molecule has 0 aromatic heterocycles. The SMILES string of the molecule is CN(CCC(=O)N(C)C1Cc2ccccc2C1)C1CCS(=O)(=O)C1. The lowest BCUT2D eigenvalue weighted by Crippen LogP contribution is -2.40. The van der Waals surface area contributed by atoms with Crippen LogP contribution < -0.4 is 0 Å². The number of fused-ring (bicyclic) bond motifs is 1. The van der Waals surface area contributed by atoms with Crippen LogP contribution in [0.25, 0.3) is 0 Å². The van der Waals surface area contributed by atoms with Crippen molar-refractivity contribution in [2.24, 2.45) is 0 Å². The fourth-order valence-electron chi connectivity index (χ4n) is 3.77. The third kappa shape index (κ3) is 3.81. The molecule has 132 valence electrons. The van der Waals surface area contributed by atoms with E-state index in [1.54, 1.807) is 0 Å². The zero-order valence-electron chi connectivity index (χ0n) is 14.4. The van der Waals surface area contributed by atoms with E-state index in [1.165, 1.54) is 11.1 Å². The molecule has 0 spiro atoms. The first-order chi connectivity index (χ1) is 11.4. The molecule has 1 atom stereocenters. The minimum absolute atomic E-state index is 0.0591. The molecule has 0 bridgehead atoms. The largest absolute Gasteiger partial charge is 0.342 e. The highest BCUT2D eigenvalue weighted by Gasteiger charge is 2.31. The van der Waals surface area contributed by atoms with E-state index in [-0.39, 0.29) is 29.5 Å². The summed E-state index contributed by atoms with van der Waals surface area (Å²) in [6.07, 6.45) is 2.97. The standard InChI is InChI=1S/C18H26N2O3S/c1-19(16-8-10-24(22,23)13-16)9-7-18(21)20(2)17-11-14-5-3-4-6-15(14)12-17/h3-6,16-17H,7-13H2,1-2H3. The smallest absolute Gasteiger partial charge is 0.223 e. The lowest BCUT2D eigenvalue weighted by molar-refractivity contribution is -0.132. The van der Waals surface area contributed by atoms with Gasteiger partial charge in [0.05, 0.1) is 11.5 Å². The number of carbonyl (C=O) groups is 1. The number of hydrogen-bond donors (Lipinski definition) is 0. The zero-order chi connectivity index (χ0) is 17.3. The molecule has 0 N–H and O–H groups in total. The topological polar surface area (TPSA) is 57.7 Å². The molecule has 2 aliphatic rings. The Kier molecular flexibility index (Phi) is 4.97. The van der Waals surface area contributed by atoms with Gasteiger partial charge in [0, 0.05) is 32.1 Å². The van der Waals surface area contributed by atoms with E-state index in [1.807, 2.05) is 36.0 Å². The lowest BCUT2D eigenvalue weighted by Gasteiger charge is -2.27. The summed E-state index contributed by atoms with van der Waals surface area (Å²) in [5.41, 5.74) is 2.69. The number of sulfone groups is 1. The Morgan fingerprint density at radius 3 is 2.29 bits per heavy atom. The molecule has 0 radical (unpaired) electrons. The fourth-order valence-corrected chi connectivity index (χ4v) is 5.57. The van der Waals surface area contributed by atoms with Gasteiger partial charge in [-0.1, -0.05) is 24.3 Å². The van der Waals surface area contributed by atoms with E-state index < -0.39 is 9.84 Å². The molecular formula is C18H26N2O3S. The average Bonchev–Trinajstić information content (AvgIpc) is 3.14. The second-order valence-electron chi connectivity index (χ2n) is 7.12. The first kappa shape index (κ1) is 17.4. The van der Waals surface area contributed by atoms with Crippen LogP contribution in [0.1, 0.15) is 24.0 Å². The van der Waals surface area contributed by atoms with Gasteiger partial charge in [-0.25, -0.2) is 8.42 Å². The third-order valence-electron chi connectivity index (χ3n) is 5.48. The second-order valence-corrected chi connectivity index (χ2v) is 9.35. The summed E-state index contributed by atoms with van der Waals surface area (Å²) in [6, 6.07) is 8.68. The van der Waals surface area contributed by atoms with Gasteiger partial charge in [-0.05, 0) is 37.4 Å². The summed E-state index contributed by atoms with van der Waals surface area (Å²) in [5, 5.41) is 0. The molecule has 1 aliphatic heterocycles. The van der Waals surface area contributed by atoms with Crippen LogP contribution >= 0.6 is 0 Å². The van der Waals surface area contributed by atoms with Crippen molar-refractivity contribution >= 4 is 15.7 Å². The van der Waals surface area contributed by atoms with Crippen molar-refractivity contribution in [3.8, 4) is 0 Å². The highest BCUT2D eigenvalue weighted by molar-refractivity contribution is 7.91. The predicted molar refractivity (Wildman–Crippen MR) is 94.7 cm³/mol. The van der Waals surface area contributed by atoms with E-state index in [2.05, 4.69) is 12.1 Å². The van der Waals surface area contributed by atoms with E-state index in [0.717, 1.165) is 12.8 Å². The first-order valence-electron chi connectivity index (χ1n) is 8.59. The Morgan fingerprint density at radius 1 is 1.12 bits per heavy atom. The second kappa shape index (κ2) is 6.84. The quantitative estimate of drug-likeness (QED) is 0.799. The highest BCUT2D eigenvalue weighted by Crippen LogP contribution is 2.25. The first-order valence-corrected chi connectivity index (χ1v) is 10.4. The maximum atomic E-state index is 12.5. The Bertz CT molecular complexity index is 692. The number of rotatable bonds is 5. The van der Waals surface area contributed by atoms with Gasteiger partial charge in [0.2, 0.25) is 5.91 Å².